The zero-order valence-electron chi connectivity index (χ0n) is 16.7. The number of rotatable bonds is 8. The number of benzene rings is 2. The third-order valence-electron chi connectivity index (χ3n) is 4.83. The van der Waals surface area contributed by atoms with Crippen LogP contribution < -0.4 is 14.2 Å². The van der Waals surface area contributed by atoms with E-state index in [0.29, 0.717) is 31.2 Å². The molecule has 0 unspecified atom stereocenters. The second-order valence-corrected chi connectivity index (χ2v) is 8.49. The van der Waals surface area contributed by atoms with Crippen molar-refractivity contribution >= 4 is 15.9 Å². The Morgan fingerprint density at radius 3 is 2.52 bits per heavy atom. The van der Waals surface area contributed by atoms with Gasteiger partial charge < -0.3 is 14.4 Å². The molecule has 0 radical (unpaired) electrons. The molecule has 0 aliphatic carbocycles. The van der Waals surface area contributed by atoms with Gasteiger partial charge in [0.05, 0.1) is 24.2 Å². The van der Waals surface area contributed by atoms with E-state index < -0.39 is 10.0 Å². The van der Waals surface area contributed by atoms with Gasteiger partial charge in [-0.15, -0.1) is 0 Å². The largest absolute Gasteiger partial charge is 0.496 e. The maximum Gasteiger partial charge on any atom is 0.257 e. The lowest BCUT2D eigenvalue weighted by Gasteiger charge is -2.18. The number of hydrogen-bond acceptors (Lipinski definition) is 5. The van der Waals surface area contributed by atoms with E-state index in [2.05, 4.69) is 4.72 Å². The first-order valence-corrected chi connectivity index (χ1v) is 11.1. The molecule has 7 nitrogen and oxygen atoms in total. The second-order valence-electron chi connectivity index (χ2n) is 6.73. The Bertz CT molecular complexity index is 969. The molecule has 29 heavy (non-hydrogen) atoms. The van der Waals surface area contributed by atoms with E-state index in [0.717, 1.165) is 18.4 Å². The molecule has 0 spiro atoms. The molecule has 2 aromatic rings. The Balaban J connectivity index is 1.83. The van der Waals surface area contributed by atoms with Crippen molar-refractivity contribution in [2.24, 2.45) is 0 Å². The lowest BCUT2D eigenvalue weighted by Crippen LogP contribution is -2.29. The van der Waals surface area contributed by atoms with Crippen LogP contribution in [0.1, 0.15) is 35.7 Å². The Hall–Kier alpha value is -2.58. The van der Waals surface area contributed by atoms with Crippen LogP contribution in [0.25, 0.3) is 0 Å². The maximum atomic E-state index is 12.9. The molecule has 1 aliphatic heterocycles. The van der Waals surface area contributed by atoms with E-state index in [1.807, 2.05) is 25.1 Å². The zero-order valence-corrected chi connectivity index (χ0v) is 17.5. The molecule has 1 saturated heterocycles. The van der Waals surface area contributed by atoms with Gasteiger partial charge in [0.2, 0.25) is 10.0 Å². The monoisotopic (exact) mass is 418 g/mol. The van der Waals surface area contributed by atoms with Gasteiger partial charge in [0, 0.05) is 25.2 Å². The first kappa shape index (κ1) is 21.1. The highest BCUT2D eigenvalue weighted by Crippen LogP contribution is 2.26. The number of para-hydroxylation sites is 1. The maximum absolute atomic E-state index is 12.9. The van der Waals surface area contributed by atoms with Gasteiger partial charge in [0.15, 0.2) is 0 Å². The van der Waals surface area contributed by atoms with Crippen molar-refractivity contribution < 1.29 is 22.7 Å². The Kier molecular flexibility index (Phi) is 6.76. The van der Waals surface area contributed by atoms with Crippen LogP contribution in [0.15, 0.2) is 47.4 Å². The summed E-state index contributed by atoms with van der Waals surface area (Å²) < 4.78 is 39.1. The third kappa shape index (κ3) is 4.89. The smallest absolute Gasteiger partial charge is 0.257 e. The van der Waals surface area contributed by atoms with Crippen LogP contribution in [0.3, 0.4) is 0 Å². The number of nitrogens with zero attached hydrogens (tertiary/aromatic N) is 1. The van der Waals surface area contributed by atoms with Crippen LogP contribution in [-0.2, 0) is 16.6 Å². The van der Waals surface area contributed by atoms with Crippen molar-refractivity contribution in [1.29, 1.82) is 0 Å². The molecular weight excluding hydrogens is 392 g/mol. The topological polar surface area (TPSA) is 84.9 Å². The minimum Gasteiger partial charge on any atom is -0.496 e. The predicted octanol–water partition coefficient (Wildman–Crippen LogP) is 2.81. The molecule has 1 N–H and O–H groups in total. The van der Waals surface area contributed by atoms with Gasteiger partial charge in [-0.25, -0.2) is 13.1 Å². The van der Waals surface area contributed by atoms with Crippen molar-refractivity contribution in [2.75, 3.05) is 26.8 Å². The van der Waals surface area contributed by atoms with Crippen molar-refractivity contribution in [3.63, 3.8) is 0 Å². The van der Waals surface area contributed by atoms with Gasteiger partial charge >= 0.3 is 0 Å². The first-order chi connectivity index (χ1) is 14.0. The van der Waals surface area contributed by atoms with Crippen molar-refractivity contribution in [2.45, 2.75) is 31.2 Å². The zero-order chi connectivity index (χ0) is 20.9. The number of likely N-dealkylation sites (tertiary alicyclic amines) is 1. The van der Waals surface area contributed by atoms with Gasteiger partial charge in [-0.05, 0) is 44.0 Å². The van der Waals surface area contributed by atoms with E-state index >= 15 is 0 Å². The Morgan fingerprint density at radius 1 is 1.10 bits per heavy atom. The molecule has 2 aromatic carbocycles. The number of carbonyl (C=O) groups excluding carboxylic acids is 1. The average Bonchev–Trinajstić information content (AvgIpc) is 3.27. The highest BCUT2D eigenvalue weighted by atomic mass is 32.2. The van der Waals surface area contributed by atoms with Crippen LogP contribution in [0.5, 0.6) is 11.5 Å². The highest BCUT2D eigenvalue weighted by molar-refractivity contribution is 7.89. The van der Waals surface area contributed by atoms with Crippen molar-refractivity contribution in [3.05, 3.63) is 53.6 Å². The van der Waals surface area contributed by atoms with Crippen molar-refractivity contribution in [1.82, 2.24) is 9.62 Å². The van der Waals surface area contributed by atoms with E-state index in [-0.39, 0.29) is 22.9 Å². The number of methoxy groups -OCH3 is 1. The van der Waals surface area contributed by atoms with Gasteiger partial charge in [0.1, 0.15) is 11.5 Å². The summed E-state index contributed by atoms with van der Waals surface area (Å²) in [6.07, 6.45) is 1.90. The van der Waals surface area contributed by atoms with Gasteiger partial charge in [-0.1, -0.05) is 18.2 Å². The third-order valence-corrected chi connectivity index (χ3v) is 6.23. The Morgan fingerprint density at radius 2 is 1.83 bits per heavy atom. The van der Waals surface area contributed by atoms with Gasteiger partial charge in [-0.3, -0.25) is 4.79 Å². The Labute approximate surface area is 171 Å². The van der Waals surface area contributed by atoms with Crippen LogP contribution >= 0.6 is 0 Å². The molecule has 0 bridgehead atoms. The van der Waals surface area contributed by atoms with Gasteiger partial charge in [-0.2, -0.15) is 0 Å². The summed E-state index contributed by atoms with van der Waals surface area (Å²) in [5, 5.41) is 0. The molecular formula is C21H26N2O5S. The number of sulfonamides is 1. The normalized spacial score (nSPS) is 14.1. The van der Waals surface area contributed by atoms with Crippen LogP contribution in [0, 0.1) is 0 Å². The number of amides is 1. The summed E-state index contributed by atoms with van der Waals surface area (Å²) in [7, 11) is -2.36. The summed E-state index contributed by atoms with van der Waals surface area (Å²) in [4.78, 5) is 14.6. The lowest BCUT2D eigenvalue weighted by atomic mass is 10.1. The fraction of sp³-hybridized carbons (Fsp3) is 0.381. The predicted molar refractivity (Wildman–Crippen MR) is 110 cm³/mol. The number of hydrogen-bond donors (Lipinski definition) is 1. The average molecular weight is 419 g/mol. The molecule has 3 rings (SSSR count). The number of nitrogens with one attached hydrogen (secondary N) is 1. The van der Waals surface area contributed by atoms with Gasteiger partial charge in [0.25, 0.3) is 5.91 Å². The fourth-order valence-corrected chi connectivity index (χ4v) is 4.35. The molecule has 1 fully saturated rings. The van der Waals surface area contributed by atoms with Crippen LogP contribution in [0.2, 0.25) is 0 Å². The molecule has 1 aliphatic rings. The number of ether oxygens (including phenoxy) is 2. The fourth-order valence-electron chi connectivity index (χ4n) is 3.31. The van der Waals surface area contributed by atoms with E-state index in [1.54, 1.807) is 11.0 Å². The first-order valence-electron chi connectivity index (χ1n) is 9.64. The summed E-state index contributed by atoms with van der Waals surface area (Å²) in [6.45, 7) is 3.79. The summed E-state index contributed by atoms with van der Waals surface area (Å²) in [5.74, 6) is 0.790. The molecule has 8 heteroatoms. The van der Waals surface area contributed by atoms with E-state index in [1.165, 1.54) is 25.3 Å². The minimum absolute atomic E-state index is 0.0229. The summed E-state index contributed by atoms with van der Waals surface area (Å²) in [5.41, 5.74) is 0.992. The van der Waals surface area contributed by atoms with Crippen LogP contribution in [-0.4, -0.2) is 46.0 Å². The molecule has 0 aromatic heterocycles. The van der Waals surface area contributed by atoms with Crippen LogP contribution in [0.4, 0.5) is 0 Å². The van der Waals surface area contributed by atoms with E-state index in [4.69, 9.17) is 9.47 Å². The highest BCUT2D eigenvalue weighted by Gasteiger charge is 2.25. The lowest BCUT2D eigenvalue weighted by molar-refractivity contribution is 0.0789. The molecule has 0 atom stereocenters. The molecule has 0 saturated carbocycles. The minimum atomic E-state index is -3.83. The SMILES string of the molecule is CCOc1ccccc1CNS(=O)(=O)c1ccc(OC)c(C(=O)N2CCCC2)c1. The second kappa shape index (κ2) is 9.28. The molecule has 1 heterocycles. The summed E-state index contributed by atoms with van der Waals surface area (Å²) >= 11 is 0. The molecule has 1 amide bonds. The quantitative estimate of drug-likeness (QED) is 0.713. The van der Waals surface area contributed by atoms with Crippen molar-refractivity contribution in [3.8, 4) is 11.5 Å². The summed E-state index contributed by atoms with van der Waals surface area (Å²) in [6, 6.07) is 11.6. The standard InChI is InChI=1S/C21H26N2O5S/c1-3-28-19-9-5-4-8-16(19)15-22-29(25,26)17-10-11-20(27-2)18(14-17)21(24)23-12-6-7-13-23/h4-5,8-11,14,22H,3,6-7,12-13,15H2,1-2H3. The number of carbonyl (C=O) groups is 1. The molecule has 156 valence electrons. The van der Waals surface area contributed by atoms with E-state index in [9.17, 15) is 13.2 Å².